The number of rotatable bonds is 3. The minimum atomic E-state index is -0.122. The molecule has 0 bridgehead atoms. The van der Waals surface area contributed by atoms with E-state index in [0.717, 1.165) is 12.8 Å². The number of hydrogen-bond acceptors (Lipinski definition) is 3. The SMILES string of the molecule is O=C(COc1ccccc1)N1CCCCO1. The number of nitrogens with zero attached hydrogens (tertiary/aromatic N) is 1. The lowest BCUT2D eigenvalue weighted by molar-refractivity contribution is -0.198. The van der Waals surface area contributed by atoms with E-state index in [1.54, 1.807) is 0 Å². The first kappa shape index (κ1) is 11.0. The van der Waals surface area contributed by atoms with Crippen molar-refractivity contribution in [1.29, 1.82) is 0 Å². The van der Waals surface area contributed by atoms with E-state index in [9.17, 15) is 4.79 Å². The van der Waals surface area contributed by atoms with Crippen LogP contribution in [0.5, 0.6) is 5.75 Å². The summed E-state index contributed by atoms with van der Waals surface area (Å²) in [6.07, 6.45) is 2.01. The zero-order valence-electron chi connectivity index (χ0n) is 9.09. The predicted octanol–water partition coefficient (Wildman–Crippen LogP) is 1.62. The molecule has 0 N–H and O–H groups in total. The molecule has 2 rings (SSSR count). The molecule has 1 aromatic rings. The second-order valence-electron chi connectivity index (χ2n) is 3.64. The largest absolute Gasteiger partial charge is 0.484 e. The van der Waals surface area contributed by atoms with Crippen molar-refractivity contribution >= 4 is 5.91 Å². The number of amides is 1. The van der Waals surface area contributed by atoms with E-state index in [1.165, 1.54) is 5.06 Å². The van der Waals surface area contributed by atoms with Crippen molar-refractivity contribution < 1.29 is 14.4 Å². The van der Waals surface area contributed by atoms with Crippen LogP contribution >= 0.6 is 0 Å². The van der Waals surface area contributed by atoms with Crippen LogP contribution in [0.25, 0.3) is 0 Å². The highest BCUT2D eigenvalue weighted by Crippen LogP contribution is 2.10. The Bertz CT molecular complexity index is 333. The van der Waals surface area contributed by atoms with E-state index < -0.39 is 0 Å². The first-order chi connectivity index (χ1) is 7.86. The summed E-state index contributed by atoms with van der Waals surface area (Å²) in [5, 5.41) is 1.40. The molecule has 1 fully saturated rings. The molecule has 0 radical (unpaired) electrons. The molecule has 1 heterocycles. The molecular formula is C12H15NO3. The fourth-order valence-electron chi connectivity index (χ4n) is 1.53. The summed E-state index contributed by atoms with van der Waals surface area (Å²) < 4.78 is 5.35. The van der Waals surface area contributed by atoms with Gasteiger partial charge >= 0.3 is 0 Å². The van der Waals surface area contributed by atoms with Gasteiger partial charge in [-0.3, -0.25) is 9.63 Å². The Morgan fingerprint density at radius 1 is 1.31 bits per heavy atom. The van der Waals surface area contributed by atoms with Crippen molar-refractivity contribution in [2.24, 2.45) is 0 Å². The second kappa shape index (κ2) is 5.51. The maximum atomic E-state index is 11.6. The number of benzene rings is 1. The topological polar surface area (TPSA) is 38.8 Å². The minimum absolute atomic E-state index is 0.0318. The summed E-state index contributed by atoms with van der Waals surface area (Å²) in [5.41, 5.74) is 0. The maximum absolute atomic E-state index is 11.6. The molecule has 0 spiro atoms. The molecular weight excluding hydrogens is 206 g/mol. The van der Waals surface area contributed by atoms with Crippen molar-refractivity contribution in [3.63, 3.8) is 0 Å². The van der Waals surface area contributed by atoms with E-state index in [0.29, 0.717) is 18.9 Å². The van der Waals surface area contributed by atoms with Gasteiger partial charge in [-0.15, -0.1) is 0 Å². The molecule has 0 aliphatic carbocycles. The van der Waals surface area contributed by atoms with Crippen LogP contribution in [0.1, 0.15) is 12.8 Å². The van der Waals surface area contributed by atoms with E-state index in [4.69, 9.17) is 9.57 Å². The van der Waals surface area contributed by atoms with Crippen LogP contribution in [-0.2, 0) is 9.63 Å². The molecule has 0 aromatic heterocycles. The van der Waals surface area contributed by atoms with E-state index >= 15 is 0 Å². The third-order valence-corrected chi connectivity index (χ3v) is 2.39. The van der Waals surface area contributed by atoms with Gasteiger partial charge < -0.3 is 4.74 Å². The highest BCUT2D eigenvalue weighted by Gasteiger charge is 2.17. The maximum Gasteiger partial charge on any atom is 0.283 e. The number of carbonyl (C=O) groups is 1. The highest BCUT2D eigenvalue weighted by molar-refractivity contribution is 5.76. The monoisotopic (exact) mass is 221 g/mol. The Kier molecular flexibility index (Phi) is 3.77. The lowest BCUT2D eigenvalue weighted by atomic mass is 10.3. The van der Waals surface area contributed by atoms with Crippen molar-refractivity contribution in [2.75, 3.05) is 19.8 Å². The Balaban J connectivity index is 1.79. The molecule has 1 aliphatic rings. The summed E-state index contributed by atoms with van der Waals surface area (Å²) in [6, 6.07) is 9.30. The number of hydrogen-bond donors (Lipinski definition) is 0. The van der Waals surface area contributed by atoms with Gasteiger partial charge in [0.2, 0.25) is 0 Å². The van der Waals surface area contributed by atoms with Gasteiger partial charge in [0.1, 0.15) is 5.75 Å². The number of para-hydroxylation sites is 1. The molecule has 1 aliphatic heterocycles. The molecule has 16 heavy (non-hydrogen) atoms. The number of hydroxylamine groups is 2. The average Bonchev–Trinajstić information content (AvgIpc) is 2.38. The molecule has 1 amide bonds. The average molecular weight is 221 g/mol. The van der Waals surface area contributed by atoms with Gasteiger partial charge in [0.15, 0.2) is 6.61 Å². The van der Waals surface area contributed by atoms with Crippen molar-refractivity contribution in [3.8, 4) is 5.75 Å². The molecule has 0 saturated carbocycles. The van der Waals surface area contributed by atoms with Gasteiger partial charge in [-0.05, 0) is 25.0 Å². The third-order valence-electron chi connectivity index (χ3n) is 2.39. The smallest absolute Gasteiger partial charge is 0.283 e. The van der Waals surface area contributed by atoms with Crippen molar-refractivity contribution in [1.82, 2.24) is 5.06 Å². The molecule has 4 heteroatoms. The van der Waals surface area contributed by atoms with Crippen LogP contribution in [0, 0.1) is 0 Å². The summed E-state index contributed by atoms with van der Waals surface area (Å²) >= 11 is 0. The third kappa shape index (κ3) is 2.97. The summed E-state index contributed by atoms with van der Waals surface area (Å²) in [7, 11) is 0. The van der Waals surface area contributed by atoms with Crippen LogP contribution < -0.4 is 4.74 Å². The van der Waals surface area contributed by atoms with E-state index in [2.05, 4.69) is 0 Å². The van der Waals surface area contributed by atoms with Crippen molar-refractivity contribution in [3.05, 3.63) is 30.3 Å². The van der Waals surface area contributed by atoms with Gasteiger partial charge in [0, 0.05) is 6.54 Å². The summed E-state index contributed by atoms with van der Waals surface area (Å²) in [5.74, 6) is 0.580. The minimum Gasteiger partial charge on any atom is -0.484 e. The Morgan fingerprint density at radius 2 is 2.12 bits per heavy atom. The number of ether oxygens (including phenoxy) is 1. The van der Waals surface area contributed by atoms with Gasteiger partial charge in [-0.2, -0.15) is 0 Å². The van der Waals surface area contributed by atoms with Crippen LogP contribution in [0.4, 0.5) is 0 Å². The lowest BCUT2D eigenvalue weighted by Crippen LogP contribution is -2.38. The van der Waals surface area contributed by atoms with Crippen LogP contribution in [-0.4, -0.2) is 30.7 Å². The zero-order chi connectivity index (χ0) is 11.2. The summed E-state index contributed by atoms with van der Waals surface area (Å²) in [6.45, 7) is 1.32. The van der Waals surface area contributed by atoms with Gasteiger partial charge in [-0.25, -0.2) is 5.06 Å². The predicted molar refractivity (Wildman–Crippen MR) is 58.8 cm³/mol. The second-order valence-corrected chi connectivity index (χ2v) is 3.64. The molecule has 1 saturated heterocycles. The Hall–Kier alpha value is -1.55. The molecule has 86 valence electrons. The Morgan fingerprint density at radius 3 is 2.81 bits per heavy atom. The van der Waals surface area contributed by atoms with Crippen molar-refractivity contribution in [2.45, 2.75) is 12.8 Å². The zero-order valence-corrected chi connectivity index (χ0v) is 9.09. The first-order valence-electron chi connectivity index (χ1n) is 5.47. The van der Waals surface area contributed by atoms with Crippen LogP contribution in [0.15, 0.2) is 30.3 Å². The fraction of sp³-hybridized carbons (Fsp3) is 0.417. The fourth-order valence-corrected chi connectivity index (χ4v) is 1.53. The molecule has 0 unspecified atom stereocenters. The highest BCUT2D eigenvalue weighted by atomic mass is 16.7. The van der Waals surface area contributed by atoms with E-state index in [1.807, 2.05) is 30.3 Å². The van der Waals surface area contributed by atoms with Crippen LogP contribution in [0.3, 0.4) is 0 Å². The molecule has 0 atom stereocenters. The van der Waals surface area contributed by atoms with Gasteiger partial charge in [-0.1, -0.05) is 18.2 Å². The van der Waals surface area contributed by atoms with Gasteiger partial charge in [0.25, 0.3) is 5.91 Å². The quantitative estimate of drug-likeness (QED) is 0.778. The molecule has 1 aromatic carbocycles. The Labute approximate surface area is 94.7 Å². The van der Waals surface area contributed by atoms with Crippen LogP contribution in [0.2, 0.25) is 0 Å². The number of carbonyl (C=O) groups excluding carboxylic acids is 1. The lowest BCUT2D eigenvalue weighted by Gasteiger charge is -2.25. The normalized spacial score (nSPS) is 15.9. The van der Waals surface area contributed by atoms with Gasteiger partial charge in [0.05, 0.1) is 6.61 Å². The molecule has 4 nitrogen and oxygen atoms in total. The van der Waals surface area contributed by atoms with E-state index in [-0.39, 0.29) is 12.5 Å². The summed E-state index contributed by atoms with van der Waals surface area (Å²) in [4.78, 5) is 16.9. The standard InChI is InChI=1S/C12H15NO3/c14-12(13-8-4-5-9-16-13)10-15-11-6-2-1-3-7-11/h1-3,6-7H,4-5,8-10H2. The first-order valence-corrected chi connectivity index (χ1v) is 5.47.